The molecule has 0 N–H and O–H groups in total. The molecule has 1 saturated heterocycles. The van der Waals surface area contributed by atoms with Gasteiger partial charge in [0.1, 0.15) is 0 Å². The van der Waals surface area contributed by atoms with Gasteiger partial charge in [0.2, 0.25) is 0 Å². The summed E-state index contributed by atoms with van der Waals surface area (Å²) in [6, 6.07) is 0. The number of hydroxylamine groups is 2. The second-order valence-electron chi connectivity index (χ2n) is 4.10. The molecule has 0 aromatic rings. The summed E-state index contributed by atoms with van der Waals surface area (Å²) >= 11 is 0. The summed E-state index contributed by atoms with van der Waals surface area (Å²) in [6.45, 7) is 0. The van der Waals surface area contributed by atoms with Crippen molar-refractivity contribution in [1.82, 2.24) is 5.06 Å². The topological polar surface area (TPSA) is 80.8 Å². The number of allylic oxidation sites excluding steroid dienone is 2. The standard InChI is InChI=1S/C9H8F3NO5S/c10-9(11,12)19(16,17)18-13-7(14)5-3-1-2-4-6(5)8(13)15/h1-2,5-6H,3-4H2. The van der Waals surface area contributed by atoms with E-state index in [0.29, 0.717) is 0 Å². The van der Waals surface area contributed by atoms with Gasteiger partial charge in [0.05, 0.1) is 11.8 Å². The maximum absolute atomic E-state index is 12.1. The highest BCUT2D eigenvalue weighted by Crippen LogP contribution is 2.37. The Bertz CT molecular complexity index is 527. The van der Waals surface area contributed by atoms with Crippen LogP contribution in [0.3, 0.4) is 0 Å². The Balaban J connectivity index is 2.24. The summed E-state index contributed by atoms with van der Waals surface area (Å²) in [7, 11) is -6.03. The normalized spacial score (nSPS) is 27.8. The van der Waals surface area contributed by atoms with Crippen molar-refractivity contribution in [3.05, 3.63) is 12.2 Å². The van der Waals surface area contributed by atoms with Crippen LogP contribution >= 0.6 is 0 Å². The largest absolute Gasteiger partial charge is 0.525 e. The Morgan fingerprint density at radius 2 is 1.53 bits per heavy atom. The summed E-state index contributed by atoms with van der Waals surface area (Å²) in [5, 5.41) is -0.287. The monoisotopic (exact) mass is 299 g/mol. The Hall–Kier alpha value is -1.42. The van der Waals surface area contributed by atoms with E-state index in [1.165, 1.54) is 0 Å². The van der Waals surface area contributed by atoms with Crippen molar-refractivity contribution in [3.8, 4) is 0 Å². The van der Waals surface area contributed by atoms with Gasteiger partial charge in [-0.2, -0.15) is 21.6 Å². The van der Waals surface area contributed by atoms with E-state index >= 15 is 0 Å². The van der Waals surface area contributed by atoms with E-state index in [0.717, 1.165) is 0 Å². The summed E-state index contributed by atoms with van der Waals surface area (Å²) in [4.78, 5) is 23.3. The number of nitrogens with zero attached hydrogens (tertiary/aromatic N) is 1. The molecule has 6 nitrogen and oxygen atoms in total. The van der Waals surface area contributed by atoms with Gasteiger partial charge >= 0.3 is 15.6 Å². The zero-order valence-corrected chi connectivity index (χ0v) is 10.1. The first-order valence-electron chi connectivity index (χ1n) is 5.19. The zero-order valence-electron chi connectivity index (χ0n) is 9.25. The number of hydrogen-bond acceptors (Lipinski definition) is 5. The molecule has 2 amide bonds. The quantitative estimate of drug-likeness (QED) is 0.426. The molecule has 19 heavy (non-hydrogen) atoms. The van der Waals surface area contributed by atoms with Crippen LogP contribution in [0.2, 0.25) is 0 Å². The van der Waals surface area contributed by atoms with Gasteiger partial charge in [-0.15, -0.1) is 9.35 Å². The molecule has 2 rings (SSSR count). The first-order chi connectivity index (χ1) is 8.65. The van der Waals surface area contributed by atoms with Gasteiger partial charge in [-0.25, -0.2) is 0 Å². The number of hydrogen-bond donors (Lipinski definition) is 0. The average Bonchev–Trinajstić information content (AvgIpc) is 2.54. The van der Waals surface area contributed by atoms with Gasteiger partial charge in [-0.05, 0) is 12.8 Å². The summed E-state index contributed by atoms with van der Waals surface area (Å²) < 4.78 is 61.6. The van der Waals surface area contributed by atoms with Crippen molar-refractivity contribution in [1.29, 1.82) is 0 Å². The molecule has 106 valence electrons. The summed E-state index contributed by atoms with van der Waals surface area (Å²) in [6.07, 6.45) is 3.55. The molecule has 0 bridgehead atoms. The predicted octanol–water partition coefficient (Wildman–Crippen LogP) is 0.719. The highest BCUT2D eigenvalue weighted by atomic mass is 32.2. The number of carbonyl (C=O) groups excluding carboxylic acids is 2. The van der Waals surface area contributed by atoms with Gasteiger partial charge in [0, 0.05) is 0 Å². The SMILES string of the molecule is O=C1C2CC=CCC2C(=O)N1OS(=O)(=O)C(F)(F)F. The van der Waals surface area contributed by atoms with Gasteiger partial charge in [-0.1, -0.05) is 12.2 Å². The van der Waals surface area contributed by atoms with Gasteiger partial charge in [-0.3, -0.25) is 9.59 Å². The van der Waals surface area contributed by atoms with E-state index < -0.39 is 39.3 Å². The van der Waals surface area contributed by atoms with E-state index in [4.69, 9.17) is 0 Å². The lowest BCUT2D eigenvalue weighted by atomic mass is 9.85. The molecule has 0 radical (unpaired) electrons. The first-order valence-corrected chi connectivity index (χ1v) is 6.59. The molecule has 0 saturated carbocycles. The average molecular weight is 299 g/mol. The number of halogens is 3. The number of carbonyl (C=O) groups is 2. The van der Waals surface area contributed by atoms with Crippen LogP contribution in [0, 0.1) is 11.8 Å². The first kappa shape index (κ1) is 14.0. The maximum Gasteiger partial charge on any atom is 0.525 e. The predicted molar refractivity (Wildman–Crippen MR) is 53.3 cm³/mol. The van der Waals surface area contributed by atoms with Crippen LogP contribution in [0.25, 0.3) is 0 Å². The minimum absolute atomic E-state index is 0.168. The van der Waals surface area contributed by atoms with E-state index in [9.17, 15) is 31.2 Å². The highest BCUT2D eigenvalue weighted by Gasteiger charge is 2.55. The van der Waals surface area contributed by atoms with Crippen LogP contribution in [-0.4, -0.2) is 30.8 Å². The van der Waals surface area contributed by atoms with E-state index in [1.807, 2.05) is 0 Å². The van der Waals surface area contributed by atoms with Gasteiger partial charge in [0.25, 0.3) is 11.8 Å². The molecular weight excluding hydrogens is 291 g/mol. The molecule has 2 unspecified atom stereocenters. The fourth-order valence-corrected chi connectivity index (χ4v) is 2.41. The minimum atomic E-state index is -6.03. The van der Waals surface area contributed by atoms with E-state index in [1.54, 1.807) is 12.2 Å². The third kappa shape index (κ3) is 2.25. The van der Waals surface area contributed by atoms with Crippen molar-refractivity contribution in [2.45, 2.75) is 18.3 Å². The van der Waals surface area contributed by atoms with E-state index in [2.05, 4.69) is 4.28 Å². The smallest absolute Gasteiger partial charge is 0.272 e. The third-order valence-corrected chi connectivity index (χ3v) is 3.84. The maximum atomic E-state index is 12.1. The molecule has 2 atom stereocenters. The fraction of sp³-hybridized carbons (Fsp3) is 0.556. The lowest BCUT2D eigenvalue weighted by molar-refractivity contribution is -0.168. The van der Waals surface area contributed by atoms with Crippen molar-refractivity contribution >= 4 is 21.9 Å². The zero-order chi connectivity index (χ0) is 14.4. The Kier molecular flexibility index (Phi) is 3.17. The van der Waals surface area contributed by atoms with Crippen LogP contribution in [-0.2, 0) is 24.0 Å². The molecule has 1 heterocycles. The Morgan fingerprint density at radius 3 is 1.89 bits per heavy atom. The number of fused-ring (bicyclic) bond motifs is 1. The summed E-state index contributed by atoms with van der Waals surface area (Å²) in [5.41, 5.74) is -5.69. The lowest BCUT2D eigenvalue weighted by Crippen LogP contribution is -2.38. The van der Waals surface area contributed by atoms with Crippen molar-refractivity contribution < 1.29 is 35.5 Å². The number of amides is 2. The van der Waals surface area contributed by atoms with E-state index in [-0.39, 0.29) is 17.9 Å². The molecular formula is C9H8F3NO5S. The second-order valence-corrected chi connectivity index (χ2v) is 5.62. The van der Waals surface area contributed by atoms with Crippen molar-refractivity contribution in [3.63, 3.8) is 0 Å². The molecule has 1 aliphatic heterocycles. The van der Waals surface area contributed by atoms with Crippen LogP contribution in [0.1, 0.15) is 12.8 Å². The molecule has 2 aliphatic rings. The third-order valence-electron chi connectivity index (χ3n) is 2.92. The molecule has 10 heteroatoms. The molecule has 0 aromatic heterocycles. The van der Waals surface area contributed by atoms with Gasteiger partial charge < -0.3 is 0 Å². The van der Waals surface area contributed by atoms with Crippen LogP contribution in [0.4, 0.5) is 13.2 Å². The lowest BCUT2D eigenvalue weighted by Gasteiger charge is -2.14. The van der Waals surface area contributed by atoms with Crippen LogP contribution in [0.5, 0.6) is 0 Å². The van der Waals surface area contributed by atoms with Crippen LogP contribution < -0.4 is 0 Å². The molecule has 1 fully saturated rings. The minimum Gasteiger partial charge on any atom is -0.272 e. The molecule has 1 aliphatic carbocycles. The Labute approximate surface area is 105 Å². The number of imide groups is 1. The van der Waals surface area contributed by atoms with Gasteiger partial charge in [0.15, 0.2) is 0 Å². The van der Waals surface area contributed by atoms with Crippen LogP contribution in [0.15, 0.2) is 12.2 Å². The van der Waals surface area contributed by atoms with Crippen molar-refractivity contribution in [2.24, 2.45) is 11.8 Å². The summed E-state index contributed by atoms with van der Waals surface area (Å²) in [5.74, 6) is -3.85. The van der Waals surface area contributed by atoms with Crippen molar-refractivity contribution in [2.75, 3.05) is 0 Å². The second kappa shape index (κ2) is 4.30. The highest BCUT2D eigenvalue weighted by molar-refractivity contribution is 7.87. The number of rotatable bonds is 2. The Morgan fingerprint density at radius 1 is 1.11 bits per heavy atom. The molecule has 0 spiro atoms. The number of alkyl halides is 3. The molecule has 0 aromatic carbocycles. The fourth-order valence-electron chi connectivity index (χ4n) is 1.98.